The third kappa shape index (κ3) is 6.70. The van der Waals surface area contributed by atoms with Crippen molar-refractivity contribution >= 4 is 23.5 Å². The van der Waals surface area contributed by atoms with Gasteiger partial charge in [0.25, 0.3) is 0 Å². The Bertz CT molecular complexity index is 1370. The van der Waals surface area contributed by atoms with Crippen LogP contribution >= 0.6 is 0 Å². The van der Waals surface area contributed by atoms with Crippen molar-refractivity contribution < 1.29 is 9.59 Å². The second-order valence-corrected chi connectivity index (χ2v) is 9.42. The molecule has 4 rings (SSSR count). The molecule has 0 saturated carbocycles. The van der Waals surface area contributed by atoms with E-state index in [1.54, 1.807) is 43.3 Å². The number of likely N-dealkylation sites (N-methyl/N-ethyl adjacent to an activating group) is 1. The topological polar surface area (TPSA) is 103 Å². The van der Waals surface area contributed by atoms with E-state index in [-0.39, 0.29) is 17.8 Å². The molecule has 0 saturated heterocycles. The number of anilines is 1. The molecule has 2 amide bonds. The molecule has 7 nitrogen and oxygen atoms in total. The molecule has 0 heterocycles. The lowest BCUT2D eigenvalue weighted by atomic mass is 9.90. The van der Waals surface area contributed by atoms with E-state index in [0.717, 1.165) is 16.7 Å². The predicted molar refractivity (Wildman–Crippen MR) is 155 cm³/mol. The van der Waals surface area contributed by atoms with E-state index in [9.17, 15) is 9.59 Å². The average Bonchev–Trinajstić information content (AvgIpc) is 2.97. The largest absolute Gasteiger partial charge is 0.370 e. The van der Waals surface area contributed by atoms with Crippen LogP contribution in [0, 0.1) is 5.41 Å². The molecular formula is C32H33N5O2. The molecule has 4 N–H and O–H groups in total. The Morgan fingerprint density at radius 2 is 1.28 bits per heavy atom. The lowest BCUT2D eigenvalue weighted by Crippen LogP contribution is -2.43. The number of benzene rings is 4. The van der Waals surface area contributed by atoms with Crippen molar-refractivity contribution in [3.8, 4) is 0 Å². The summed E-state index contributed by atoms with van der Waals surface area (Å²) in [4.78, 5) is 31.0. The monoisotopic (exact) mass is 519 g/mol. The molecule has 0 fully saturated rings. The van der Waals surface area contributed by atoms with Gasteiger partial charge in [-0.05, 0) is 34.4 Å². The highest BCUT2D eigenvalue weighted by molar-refractivity contribution is 5.94. The highest BCUT2D eigenvalue weighted by atomic mass is 16.2. The molecule has 4 aromatic carbocycles. The summed E-state index contributed by atoms with van der Waals surface area (Å²) >= 11 is 0. The third-order valence-electron chi connectivity index (χ3n) is 6.65. The normalized spacial score (nSPS) is 11.5. The molecular weight excluding hydrogens is 486 g/mol. The van der Waals surface area contributed by atoms with Crippen LogP contribution < -0.4 is 16.0 Å². The van der Waals surface area contributed by atoms with Crippen LogP contribution in [0.15, 0.2) is 115 Å². The fourth-order valence-corrected chi connectivity index (χ4v) is 4.51. The van der Waals surface area contributed by atoms with Crippen LogP contribution in [0.25, 0.3) is 0 Å². The Morgan fingerprint density at radius 3 is 1.82 bits per heavy atom. The summed E-state index contributed by atoms with van der Waals surface area (Å²) in [6, 6.07) is 35.0. The maximum Gasteiger partial charge on any atom is 0.249 e. The van der Waals surface area contributed by atoms with Gasteiger partial charge in [-0.15, -0.1) is 0 Å². The van der Waals surface area contributed by atoms with Crippen LogP contribution in [0.1, 0.15) is 34.2 Å². The number of rotatable bonds is 9. The summed E-state index contributed by atoms with van der Waals surface area (Å²) in [6.07, 6.45) is 0. The molecule has 0 unspecified atom stereocenters. The van der Waals surface area contributed by atoms with Crippen LogP contribution in [0.4, 0.5) is 5.69 Å². The number of nitrogens with one attached hydrogen (secondary N) is 2. The molecule has 0 spiro atoms. The molecule has 0 bridgehead atoms. The lowest BCUT2D eigenvalue weighted by molar-refractivity contribution is -0.136. The molecule has 0 radical (unpaired) electrons. The first-order valence-corrected chi connectivity index (χ1v) is 12.7. The molecule has 0 aliphatic carbocycles. The highest BCUT2D eigenvalue weighted by Crippen LogP contribution is 2.28. The predicted octanol–water partition coefficient (Wildman–Crippen LogP) is 4.66. The second-order valence-electron chi connectivity index (χ2n) is 9.42. The Labute approximate surface area is 229 Å². The van der Waals surface area contributed by atoms with Gasteiger partial charge in [0.1, 0.15) is 6.04 Å². The maximum atomic E-state index is 14.0. The quantitative estimate of drug-likeness (QED) is 0.221. The van der Waals surface area contributed by atoms with Gasteiger partial charge in [-0.1, -0.05) is 103 Å². The summed E-state index contributed by atoms with van der Waals surface area (Å²) < 4.78 is 0. The third-order valence-corrected chi connectivity index (χ3v) is 6.65. The lowest BCUT2D eigenvalue weighted by Gasteiger charge is -2.28. The van der Waals surface area contributed by atoms with E-state index >= 15 is 0 Å². The summed E-state index contributed by atoms with van der Waals surface area (Å²) in [7, 11) is 3.41. The van der Waals surface area contributed by atoms with Gasteiger partial charge >= 0.3 is 0 Å². The summed E-state index contributed by atoms with van der Waals surface area (Å²) in [5.74, 6) is -1.28. The number of amides is 2. The van der Waals surface area contributed by atoms with Crippen LogP contribution in [0.3, 0.4) is 0 Å². The van der Waals surface area contributed by atoms with Crippen LogP contribution in [-0.2, 0) is 16.1 Å². The van der Waals surface area contributed by atoms with Gasteiger partial charge in [0.15, 0.2) is 5.96 Å². The van der Waals surface area contributed by atoms with E-state index in [4.69, 9.17) is 11.1 Å². The van der Waals surface area contributed by atoms with Crippen LogP contribution in [0.2, 0.25) is 0 Å². The molecule has 39 heavy (non-hydrogen) atoms. The van der Waals surface area contributed by atoms with Crippen molar-refractivity contribution in [2.75, 3.05) is 19.0 Å². The second kappa shape index (κ2) is 12.6. The fourth-order valence-electron chi connectivity index (χ4n) is 4.51. The van der Waals surface area contributed by atoms with Crippen molar-refractivity contribution in [2.45, 2.75) is 18.5 Å². The van der Waals surface area contributed by atoms with Gasteiger partial charge in [-0.2, -0.15) is 0 Å². The summed E-state index contributed by atoms with van der Waals surface area (Å²) in [5.41, 5.74) is 9.58. The number of nitrogens with two attached hydrogens (primary N) is 1. The van der Waals surface area contributed by atoms with E-state index in [2.05, 4.69) is 5.32 Å². The van der Waals surface area contributed by atoms with Gasteiger partial charge < -0.3 is 20.9 Å². The fraction of sp³-hybridized carbons (Fsp3) is 0.156. The van der Waals surface area contributed by atoms with Gasteiger partial charge in [0.2, 0.25) is 11.8 Å². The minimum atomic E-state index is -0.957. The van der Waals surface area contributed by atoms with Crippen molar-refractivity contribution in [1.82, 2.24) is 10.2 Å². The Balaban J connectivity index is 1.71. The van der Waals surface area contributed by atoms with Crippen LogP contribution in [-0.4, -0.2) is 36.8 Å². The Hall–Kier alpha value is -4.91. The molecule has 4 aromatic rings. The summed E-state index contributed by atoms with van der Waals surface area (Å²) in [6.45, 7) is 0.389. The minimum Gasteiger partial charge on any atom is -0.370 e. The van der Waals surface area contributed by atoms with Crippen LogP contribution in [0.5, 0.6) is 0 Å². The first-order chi connectivity index (χ1) is 18.8. The first-order valence-electron chi connectivity index (χ1n) is 12.7. The number of hydrogen-bond acceptors (Lipinski definition) is 3. The number of carbonyl (C=O) groups excluding carboxylic acids is 2. The van der Waals surface area contributed by atoms with Gasteiger partial charge in [-0.3, -0.25) is 15.0 Å². The smallest absolute Gasteiger partial charge is 0.249 e. The van der Waals surface area contributed by atoms with Crippen molar-refractivity contribution in [3.05, 3.63) is 138 Å². The molecule has 0 aromatic heterocycles. The SMILES string of the molecule is CN(Cc1ccccc1)C(=O)[C@H](NC(=O)C(c1ccccc1)c1ccccc1)c1cccc(N(C)C(=N)N)c1. The zero-order valence-corrected chi connectivity index (χ0v) is 22.1. The van der Waals surface area contributed by atoms with E-state index in [0.29, 0.717) is 17.8 Å². The standard InChI is InChI=1S/C32H33N5O2/c1-36(22-23-13-6-3-7-14-23)31(39)29(26-19-12-20-27(21-26)37(2)32(33)34)35-30(38)28(24-15-8-4-9-16-24)25-17-10-5-11-18-25/h3-21,28-29H,22H2,1-2H3,(H3,33,34)(H,35,38)/t29-/m1/s1. The maximum absolute atomic E-state index is 14.0. The van der Waals surface area contributed by atoms with E-state index < -0.39 is 12.0 Å². The Morgan fingerprint density at radius 1 is 0.769 bits per heavy atom. The number of carbonyl (C=O) groups is 2. The first kappa shape index (κ1) is 27.1. The van der Waals surface area contributed by atoms with E-state index in [1.165, 1.54) is 4.90 Å². The van der Waals surface area contributed by atoms with Gasteiger partial charge in [0, 0.05) is 26.3 Å². The minimum absolute atomic E-state index is 0.131. The number of guanidine groups is 1. The number of nitrogens with zero attached hydrogens (tertiary/aromatic N) is 2. The average molecular weight is 520 g/mol. The van der Waals surface area contributed by atoms with Crippen molar-refractivity contribution in [2.24, 2.45) is 5.73 Å². The Kier molecular flexibility index (Phi) is 8.74. The van der Waals surface area contributed by atoms with Gasteiger partial charge in [-0.25, -0.2) is 0 Å². The van der Waals surface area contributed by atoms with E-state index in [1.807, 2.05) is 91.0 Å². The number of hydrogen-bond donors (Lipinski definition) is 3. The van der Waals surface area contributed by atoms with Crippen molar-refractivity contribution in [3.63, 3.8) is 0 Å². The zero-order chi connectivity index (χ0) is 27.8. The van der Waals surface area contributed by atoms with Gasteiger partial charge in [0.05, 0.1) is 5.92 Å². The zero-order valence-electron chi connectivity index (χ0n) is 22.1. The molecule has 198 valence electrons. The van der Waals surface area contributed by atoms with Crippen molar-refractivity contribution in [1.29, 1.82) is 5.41 Å². The molecule has 0 aliphatic heterocycles. The summed E-state index contributed by atoms with van der Waals surface area (Å²) in [5, 5.41) is 10.9. The molecule has 0 aliphatic rings. The highest BCUT2D eigenvalue weighted by Gasteiger charge is 2.31. The molecule has 7 heteroatoms. The molecule has 1 atom stereocenters.